The van der Waals surface area contributed by atoms with Crippen molar-refractivity contribution in [1.82, 2.24) is 0 Å². The first-order valence-electron chi connectivity index (χ1n) is 13.6. The van der Waals surface area contributed by atoms with E-state index in [1.807, 2.05) is 0 Å². The van der Waals surface area contributed by atoms with Crippen molar-refractivity contribution < 1.29 is 36.6 Å². The molecule has 0 heterocycles. The fourth-order valence-corrected chi connectivity index (χ4v) is 12.1. The number of nitrogens with two attached hydrogens (primary N) is 2. The van der Waals surface area contributed by atoms with Crippen LogP contribution in [0.25, 0.3) is 21.5 Å². The molecule has 12 nitrogen and oxygen atoms in total. The highest BCUT2D eigenvalue weighted by atomic mass is 33.1. The van der Waals surface area contributed by atoms with E-state index >= 15 is 0 Å². The van der Waals surface area contributed by atoms with Crippen molar-refractivity contribution in [2.24, 2.45) is 11.5 Å². The van der Waals surface area contributed by atoms with Crippen LogP contribution in [0.1, 0.15) is 0 Å². The normalized spacial score (nSPS) is 14.8. The number of carbonyl (C=O) groups is 2. The van der Waals surface area contributed by atoms with Crippen molar-refractivity contribution in [1.29, 1.82) is 0 Å². The molecule has 2 unspecified atom stereocenters. The molecule has 0 saturated carbocycles. The summed E-state index contributed by atoms with van der Waals surface area (Å²) in [5, 5.41) is 21.8. The van der Waals surface area contributed by atoms with E-state index in [4.69, 9.17) is 11.5 Å². The Labute approximate surface area is 275 Å². The molecule has 0 spiro atoms. The van der Waals surface area contributed by atoms with Crippen LogP contribution in [0, 0.1) is 0 Å². The van der Waals surface area contributed by atoms with Crippen LogP contribution in [0.15, 0.2) is 82.6 Å². The van der Waals surface area contributed by atoms with E-state index in [1.165, 1.54) is 24.3 Å². The summed E-state index contributed by atoms with van der Waals surface area (Å²) in [6.45, 7) is 0. The smallest absolute Gasteiger partial charge is 0.340 e. The lowest BCUT2D eigenvalue weighted by Crippen LogP contribution is -2.57. The molecule has 0 aromatic heterocycles. The van der Waals surface area contributed by atoms with E-state index in [0.717, 1.165) is 0 Å². The topological polar surface area (TPSA) is 201 Å². The highest BCUT2D eigenvalue weighted by Gasteiger charge is 2.51. The molecule has 6 N–H and O–H groups in total. The van der Waals surface area contributed by atoms with Gasteiger partial charge in [-0.2, -0.15) is 0 Å². The van der Waals surface area contributed by atoms with Gasteiger partial charge in [-0.05, 0) is 24.3 Å². The van der Waals surface area contributed by atoms with Gasteiger partial charge in [-0.1, -0.05) is 70.1 Å². The Hall–Kier alpha value is -3.54. The molecule has 0 amide bonds. The molecule has 46 heavy (non-hydrogen) atoms. The van der Waals surface area contributed by atoms with E-state index in [2.05, 4.69) is 0 Å². The molecular weight excluding hydrogens is 673 g/mol. The van der Waals surface area contributed by atoms with Crippen molar-refractivity contribution in [3.05, 3.63) is 72.8 Å². The second kappa shape index (κ2) is 12.9. The molecule has 0 bridgehead atoms. The van der Waals surface area contributed by atoms with Crippen LogP contribution in [0.2, 0.25) is 0 Å². The minimum Gasteiger partial charge on any atom is -0.479 e. The van der Waals surface area contributed by atoms with Gasteiger partial charge in [0.2, 0.25) is 29.4 Å². The van der Waals surface area contributed by atoms with Gasteiger partial charge in [-0.15, -0.1) is 0 Å². The molecule has 0 saturated heterocycles. The molecule has 16 heteroatoms. The molecule has 246 valence electrons. The molecule has 2 atom stereocenters. The highest BCUT2D eigenvalue weighted by molar-refractivity contribution is 8.76. The maximum absolute atomic E-state index is 13.9. The summed E-state index contributed by atoms with van der Waals surface area (Å²) in [5.41, 5.74) is 13.7. The van der Waals surface area contributed by atoms with Gasteiger partial charge in [0.05, 0.1) is 9.79 Å². The van der Waals surface area contributed by atoms with Crippen LogP contribution < -0.4 is 21.3 Å². The van der Waals surface area contributed by atoms with Crippen LogP contribution in [-0.4, -0.2) is 88.4 Å². The molecule has 0 aliphatic heterocycles. The number of nitrogens with zero attached hydrogens (tertiary/aromatic N) is 2. The fourth-order valence-electron chi connectivity index (χ4n) is 4.94. The van der Waals surface area contributed by atoms with Crippen molar-refractivity contribution in [2.45, 2.75) is 19.5 Å². The summed E-state index contributed by atoms with van der Waals surface area (Å²) in [4.78, 5) is 22.2. The van der Waals surface area contributed by atoms with Gasteiger partial charge >= 0.3 is 11.9 Å². The molecule has 0 radical (unpaired) electrons. The number of carboxylic acids is 2. The SMILES string of the molecule is CN(C)c1cccc2c(S(=O)(=O)C(N)(CSSCC(N)(C(=O)O)S(=O)(=O)c3cccc4c(N(C)C)cccc34)C(=O)O)cccc12. The third-order valence-corrected chi connectivity index (χ3v) is 14.9. The summed E-state index contributed by atoms with van der Waals surface area (Å²) in [7, 11) is -1.18. The number of aliphatic carboxylic acids is 2. The maximum atomic E-state index is 13.9. The Morgan fingerprint density at radius 2 is 0.913 bits per heavy atom. The van der Waals surface area contributed by atoms with E-state index in [9.17, 15) is 36.6 Å². The number of fused-ring (bicyclic) bond motifs is 2. The number of anilines is 2. The first-order chi connectivity index (χ1) is 21.4. The third kappa shape index (κ3) is 5.89. The quantitative estimate of drug-likeness (QED) is 0.117. The molecule has 0 aliphatic carbocycles. The number of hydrogen-bond donors (Lipinski definition) is 4. The van der Waals surface area contributed by atoms with Crippen LogP contribution in [0.3, 0.4) is 0 Å². The second-order valence-corrected chi connectivity index (χ2v) is 17.8. The van der Waals surface area contributed by atoms with Gasteiger partial charge in [0.1, 0.15) is 0 Å². The van der Waals surface area contributed by atoms with Gasteiger partial charge in [0.25, 0.3) is 0 Å². The van der Waals surface area contributed by atoms with Crippen molar-refractivity contribution in [3.8, 4) is 0 Å². The van der Waals surface area contributed by atoms with Gasteiger partial charge < -0.3 is 31.5 Å². The van der Waals surface area contributed by atoms with E-state index in [0.29, 0.717) is 43.7 Å². The predicted octanol–water partition coefficient (Wildman–Crippen LogP) is 3.23. The second-order valence-electron chi connectivity index (χ2n) is 11.0. The van der Waals surface area contributed by atoms with Crippen LogP contribution >= 0.6 is 21.6 Å². The number of benzene rings is 4. The molecule has 4 rings (SSSR count). The predicted molar refractivity (Wildman–Crippen MR) is 185 cm³/mol. The minimum absolute atomic E-state index is 0.271. The maximum Gasteiger partial charge on any atom is 0.340 e. The van der Waals surface area contributed by atoms with E-state index in [1.54, 1.807) is 86.5 Å². The van der Waals surface area contributed by atoms with E-state index in [-0.39, 0.29) is 20.6 Å². The summed E-state index contributed by atoms with van der Waals surface area (Å²) >= 11 is 0. The molecule has 0 aliphatic rings. The number of sulfone groups is 2. The third-order valence-electron chi connectivity index (χ3n) is 7.57. The lowest BCUT2D eigenvalue weighted by Gasteiger charge is -2.27. The highest BCUT2D eigenvalue weighted by Crippen LogP contribution is 2.39. The zero-order valence-corrected chi connectivity index (χ0v) is 28.6. The van der Waals surface area contributed by atoms with Crippen LogP contribution in [-0.2, 0) is 29.3 Å². The number of hydrogen-bond acceptors (Lipinski definition) is 12. The van der Waals surface area contributed by atoms with Crippen LogP contribution in [0.5, 0.6) is 0 Å². The Bertz CT molecular complexity index is 1910. The van der Waals surface area contributed by atoms with Gasteiger partial charge in [0.15, 0.2) is 0 Å². The summed E-state index contributed by atoms with van der Waals surface area (Å²) in [6.07, 6.45) is 0. The monoisotopic (exact) mass is 706 g/mol. The fraction of sp³-hybridized carbons (Fsp3) is 0.267. The average Bonchev–Trinajstić information content (AvgIpc) is 3.00. The summed E-state index contributed by atoms with van der Waals surface area (Å²) in [6, 6.07) is 18.9. The minimum atomic E-state index is -4.75. The Kier molecular flexibility index (Phi) is 9.92. The van der Waals surface area contributed by atoms with Gasteiger partial charge in [-0.25, -0.2) is 26.4 Å². The zero-order valence-electron chi connectivity index (χ0n) is 25.4. The molecule has 4 aromatic rings. The van der Waals surface area contributed by atoms with Crippen LogP contribution in [0.4, 0.5) is 11.4 Å². The number of rotatable bonds is 13. The van der Waals surface area contributed by atoms with Gasteiger partial charge in [0, 0.05) is 72.6 Å². The first-order valence-corrected chi connectivity index (χ1v) is 19.0. The van der Waals surface area contributed by atoms with Gasteiger partial charge in [-0.3, -0.25) is 0 Å². The van der Waals surface area contributed by atoms with Crippen molar-refractivity contribution in [2.75, 3.05) is 49.5 Å². The van der Waals surface area contributed by atoms with Crippen molar-refractivity contribution in [3.63, 3.8) is 0 Å². The lowest BCUT2D eigenvalue weighted by atomic mass is 10.1. The largest absolute Gasteiger partial charge is 0.479 e. The standard InChI is InChI=1S/C30H34N4O8S4/c1-33(2)23-13-5-11-21-19(23)9-7-15-25(21)45(39,40)29(31,27(35)36)17-43-44-18-30(32,28(37)38)46(41,42)26-16-8-10-20-22(26)12-6-14-24(20)34(3)4/h5-16H,17-18,31-32H2,1-4H3,(H,35,36)(H,37,38). The Balaban J connectivity index is 1.65. The molecular formula is C30H34N4O8S4. The number of carboxylic acid groups (broad SMARTS) is 2. The first kappa shape index (κ1) is 35.3. The Morgan fingerprint density at radius 3 is 1.22 bits per heavy atom. The Morgan fingerprint density at radius 1 is 0.609 bits per heavy atom. The molecule has 0 fully saturated rings. The average molecular weight is 707 g/mol. The summed E-state index contributed by atoms with van der Waals surface area (Å²) in [5.74, 6) is -5.18. The molecule has 4 aromatic carbocycles. The van der Waals surface area contributed by atoms with Crippen molar-refractivity contribution >= 4 is 86.1 Å². The van der Waals surface area contributed by atoms with E-state index < -0.39 is 52.9 Å². The zero-order chi connectivity index (χ0) is 34.2. The summed E-state index contributed by atoms with van der Waals surface area (Å²) < 4.78 is 55.5. The lowest BCUT2D eigenvalue weighted by molar-refractivity contribution is -0.140.